The highest BCUT2D eigenvalue weighted by molar-refractivity contribution is 7.84. The van der Waals surface area contributed by atoms with E-state index < -0.39 is 10.8 Å². The van der Waals surface area contributed by atoms with Crippen molar-refractivity contribution in [1.82, 2.24) is 10.2 Å². The van der Waals surface area contributed by atoms with Gasteiger partial charge in [0.25, 0.3) is 0 Å². The van der Waals surface area contributed by atoms with E-state index in [1.807, 2.05) is 85.8 Å². The summed E-state index contributed by atoms with van der Waals surface area (Å²) >= 11 is 0. The molecule has 5 heteroatoms. The average molecular weight is 374 g/mol. The van der Waals surface area contributed by atoms with Crippen molar-refractivity contribution in [1.29, 1.82) is 0 Å². The van der Waals surface area contributed by atoms with Gasteiger partial charge in [0.2, 0.25) is 11.8 Å². The number of hydrogen-bond acceptors (Lipinski definition) is 4. The Kier molecular flexibility index (Phi) is 4.94. The SMILES string of the molecule is Cc1ccc(CS(=O)c2ccccc2-c2nnc(-c3ccccc3)o2)cc1. The van der Waals surface area contributed by atoms with Gasteiger partial charge in [-0.2, -0.15) is 0 Å². The molecule has 0 N–H and O–H groups in total. The summed E-state index contributed by atoms with van der Waals surface area (Å²) in [6, 6.07) is 25.2. The van der Waals surface area contributed by atoms with E-state index in [1.165, 1.54) is 5.56 Å². The van der Waals surface area contributed by atoms with Crippen LogP contribution in [0.2, 0.25) is 0 Å². The molecule has 0 fully saturated rings. The Morgan fingerprint density at radius 1 is 0.815 bits per heavy atom. The normalized spacial score (nSPS) is 12.0. The summed E-state index contributed by atoms with van der Waals surface area (Å²) in [7, 11) is -1.22. The van der Waals surface area contributed by atoms with Crippen molar-refractivity contribution in [3.8, 4) is 22.9 Å². The van der Waals surface area contributed by atoms with Crippen molar-refractivity contribution < 1.29 is 8.63 Å². The first-order valence-electron chi connectivity index (χ1n) is 8.63. The van der Waals surface area contributed by atoms with Crippen molar-refractivity contribution in [2.24, 2.45) is 0 Å². The van der Waals surface area contributed by atoms with E-state index in [0.29, 0.717) is 28.0 Å². The second kappa shape index (κ2) is 7.68. The molecule has 0 spiro atoms. The Bertz CT molecular complexity index is 1070. The maximum atomic E-state index is 13.0. The fourth-order valence-electron chi connectivity index (χ4n) is 2.78. The van der Waals surface area contributed by atoms with Gasteiger partial charge < -0.3 is 4.42 Å². The van der Waals surface area contributed by atoms with Crippen LogP contribution in [0.5, 0.6) is 0 Å². The zero-order chi connectivity index (χ0) is 18.6. The van der Waals surface area contributed by atoms with Gasteiger partial charge in [-0.1, -0.05) is 60.2 Å². The van der Waals surface area contributed by atoms with Crippen molar-refractivity contribution in [2.45, 2.75) is 17.6 Å². The van der Waals surface area contributed by atoms with Crippen LogP contribution in [0.1, 0.15) is 11.1 Å². The number of nitrogens with zero attached hydrogens (tertiary/aromatic N) is 2. The Balaban J connectivity index is 1.64. The number of hydrogen-bond donors (Lipinski definition) is 0. The molecule has 4 aromatic rings. The van der Waals surface area contributed by atoms with Gasteiger partial charge in [0.1, 0.15) is 0 Å². The fraction of sp³-hybridized carbons (Fsp3) is 0.0909. The van der Waals surface area contributed by atoms with Crippen molar-refractivity contribution in [3.63, 3.8) is 0 Å². The van der Waals surface area contributed by atoms with Crippen molar-refractivity contribution >= 4 is 10.8 Å². The topological polar surface area (TPSA) is 56.0 Å². The first-order valence-corrected chi connectivity index (χ1v) is 9.95. The number of rotatable bonds is 5. The molecule has 0 amide bonds. The first kappa shape index (κ1) is 17.4. The zero-order valence-corrected chi connectivity index (χ0v) is 15.6. The lowest BCUT2D eigenvalue weighted by Crippen LogP contribution is -1.99. The van der Waals surface area contributed by atoms with Crippen LogP contribution in [0.25, 0.3) is 22.9 Å². The van der Waals surface area contributed by atoms with Crippen LogP contribution in [-0.2, 0) is 16.6 Å². The summed E-state index contributed by atoms with van der Waals surface area (Å²) in [5.41, 5.74) is 3.78. The quantitative estimate of drug-likeness (QED) is 0.492. The molecule has 134 valence electrons. The van der Waals surface area contributed by atoms with Crippen molar-refractivity contribution in [2.75, 3.05) is 0 Å². The molecule has 0 aliphatic heterocycles. The highest BCUT2D eigenvalue weighted by atomic mass is 32.2. The van der Waals surface area contributed by atoms with Gasteiger partial charge in [0.15, 0.2) is 0 Å². The summed E-state index contributed by atoms with van der Waals surface area (Å²) < 4.78 is 18.8. The second-order valence-corrected chi connectivity index (χ2v) is 7.67. The van der Waals surface area contributed by atoms with Crippen LogP contribution in [0.15, 0.2) is 88.2 Å². The minimum Gasteiger partial charge on any atom is -0.416 e. The third-order valence-corrected chi connectivity index (χ3v) is 5.67. The van der Waals surface area contributed by atoms with Gasteiger partial charge in [-0.05, 0) is 36.8 Å². The smallest absolute Gasteiger partial charge is 0.249 e. The molecule has 1 aromatic heterocycles. The predicted molar refractivity (Wildman–Crippen MR) is 106 cm³/mol. The lowest BCUT2D eigenvalue weighted by atomic mass is 10.2. The van der Waals surface area contributed by atoms with E-state index in [-0.39, 0.29) is 0 Å². The molecule has 27 heavy (non-hydrogen) atoms. The Labute approximate surface area is 160 Å². The molecule has 0 aliphatic carbocycles. The molecule has 4 nitrogen and oxygen atoms in total. The first-order chi connectivity index (χ1) is 13.2. The zero-order valence-electron chi connectivity index (χ0n) is 14.8. The van der Waals surface area contributed by atoms with Gasteiger partial charge in [-0.25, -0.2) is 0 Å². The van der Waals surface area contributed by atoms with Gasteiger partial charge in [-0.15, -0.1) is 10.2 Å². The Morgan fingerprint density at radius 2 is 1.48 bits per heavy atom. The summed E-state index contributed by atoms with van der Waals surface area (Å²) in [6.07, 6.45) is 0. The Morgan fingerprint density at radius 3 is 2.26 bits per heavy atom. The molecule has 0 radical (unpaired) electrons. The van der Waals surface area contributed by atoms with Gasteiger partial charge in [0, 0.05) is 5.56 Å². The monoisotopic (exact) mass is 374 g/mol. The molecule has 0 saturated heterocycles. The fourth-order valence-corrected chi connectivity index (χ4v) is 4.07. The highest BCUT2D eigenvalue weighted by Crippen LogP contribution is 2.29. The van der Waals surface area contributed by atoms with Crippen molar-refractivity contribution in [3.05, 3.63) is 90.0 Å². The van der Waals surface area contributed by atoms with Gasteiger partial charge in [-0.3, -0.25) is 4.21 Å². The molecule has 0 aliphatic rings. The second-order valence-electron chi connectivity index (χ2n) is 6.25. The van der Waals surface area contributed by atoms with Crippen LogP contribution in [0.4, 0.5) is 0 Å². The minimum atomic E-state index is -1.22. The van der Waals surface area contributed by atoms with E-state index in [0.717, 1.165) is 11.1 Å². The van der Waals surface area contributed by atoms with E-state index in [1.54, 1.807) is 0 Å². The molecule has 3 aromatic carbocycles. The molecule has 4 rings (SSSR count). The van der Waals surface area contributed by atoms with E-state index in [4.69, 9.17) is 4.42 Å². The molecule has 0 saturated carbocycles. The molecule has 1 unspecified atom stereocenters. The highest BCUT2D eigenvalue weighted by Gasteiger charge is 2.17. The maximum absolute atomic E-state index is 13.0. The summed E-state index contributed by atoms with van der Waals surface area (Å²) in [4.78, 5) is 0.696. The van der Waals surface area contributed by atoms with Crippen LogP contribution < -0.4 is 0 Å². The van der Waals surface area contributed by atoms with Crippen LogP contribution in [0, 0.1) is 6.92 Å². The molecule has 0 bridgehead atoms. The lowest BCUT2D eigenvalue weighted by molar-refractivity contribution is 0.583. The van der Waals surface area contributed by atoms with E-state index in [9.17, 15) is 4.21 Å². The number of aryl methyl sites for hydroxylation is 1. The van der Waals surface area contributed by atoms with E-state index in [2.05, 4.69) is 10.2 Å². The summed E-state index contributed by atoms with van der Waals surface area (Å²) in [6.45, 7) is 2.04. The van der Waals surface area contributed by atoms with Crippen LogP contribution >= 0.6 is 0 Å². The lowest BCUT2D eigenvalue weighted by Gasteiger charge is -2.07. The average Bonchev–Trinajstić information content (AvgIpc) is 3.20. The predicted octanol–water partition coefficient (Wildman–Crippen LogP) is 5.02. The molecule has 1 heterocycles. The summed E-state index contributed by atoms with van der Waals surface area (Å²) in [5, 5.41) is 8.31. The molecular formula is C22H18N2O2S. The maximum Gasteiger partial charge on any atom is 0.249 e. The Hall–Kier alpha value is -3.05. The largest absolute Gasteiger partial charge is 0.416 e. The standard InChI is InChI=1S/C22H18N2O2S/c1-16-11-13-17(14-12-16)15-27(25)20-10-6-5-9-19(20)22-24-23-21(26-22)18-7-3-2-4-8-18/h2-14H,15H2,1H3. The summed E-state index contributed by atoms with van der Waals surface area (Å²) in [5.74, 6) is 1.27. The molecular weight excluding hydrogens is 356 g/mol. The minimum absolute atomic E-state index is 0.377. The van der Waals surface area contributed by atoms with E-state index >= 15 is 0 Å². The van der Waals surface area contributed by atoms with Gasteiger partial charge >= 0.3 is 0 Å². The third-order valence-electron chi connectivity index (χ3n) is 4.23. The number of aromatic nitrogens is 2. The number of benzene rings is 3. The molecule has 1 atom stereocenters. The third kappa shape index (κ3) is 3.88. The van der Waals surface area contributed by atoms with Crippen LogP contribution in [-0.4, -0.2) is 14.4 Å². The van der Waals surface area contributed by atoms with Gasteiger partial charge in [0.05, 0.1) is 27.0 Å². The van der Waals surface area contributed by atoms with Crippen LogP contribution in [0.3, 0.4) is 0 Å².